The van der Waals surface area contributed by atoms with E-state index in [4.69, 9.17) is 19.4 Å². The number of halogens is 3. The molecule has 1 fully saturated rings. The molecule has 4 nitrogen and oxygen atoms in total. The second-order valence-corrected chi connectivity index (χ2v) is 10.4. The minimum absolute atomic E-state index is 0. The van der Waals surface area contributed by atoms with E-state index in [9.17, 15) is 12.9 Å². The van der Waals surface area contributed by atoms with E-state index in [-0.39, 0.29) is 80.3 Å². The van der Waals surface area contributed by atoms with Crippen LogP contribution in [0.4, 0.5) is 12.9 Å². The average molecular weight is 450 g/mol. The van der Waals surface area contributed by atoms with E-state index < -0.39 is 14.7 Å². The third-order valence-electron chi connectivity index (χ3n) is 3.73. The molecule has 1 saturated heterocycles. The average Bonchev–Trinajstić information content (AvgIpc) is 2.56. The van der Waals surface area contributed by atoms with Crippen molar-refractivity contribution in [1.82, 2.24) is 0 Å². The third-order valence-corrected chi connectivity index (χ3v) is 3.73. The van der Waals surface area contributed by atoms with Crippen LogP contribution in [0, 0.1) is 5.92 Å². The van der Waals surface area contributed by atoms with Crippen LogP contribution in [0.1, 0.15) is 90.0 Å². The maximum atomic E-state index is 9.67. The molecule has 0 aliphatic carbocycles. The first kappa shape index (κ1) is 37.8. The minimum Gasteiger partial charge on any atom is -0.427 e. The Bertz CT molecular complexity index is 387. The van der Waals surface area contributed by atoms with Crippen molar-refractivity contribution in [3.05, 3.63) is 5.92 Å². The van der Waals surface area contributed by atoms with Gasteiger partial charge in [0.2, 0.25) is 0 Å². The molecule has 0 amide bonds. The number of hydrogen-bond acceptors (Lipinski definition) is 4. The van der Waals surface area contributed by atoms with Crippen molar-refractivity contribution in [2.45, 2.75) is 112 Å². The van der Waals surface area contributed by atoms with Crippen LogP contribution < -0.4 is 51.4 Å². The van der Waals surface area contributed by atoms with Gasteiger partial charge in [-0.15, -0.1) is 0 Å². The van der Waals surface area contributed by atoms with E-state index >= 15 is 0 Å². The SMILES string of the molecule is CC(C)(C)B(O)O.CC(C)(C)B1OC(C)(C)C(C)(C)O1.C[C-](C)C.FB(F)F.[K+]. The molecule has 2 N–H and O–H groups in total. The fraction of sp³-hybridized carbons (Fsp3) is 0.944. The van der Waals surface area contributed by atoms with Crippen molar-refractivity contribution in [3.8, 4) is 0 Å². The predicted octanol–water partition coefficient (Wildman–Crippen LogP) is 2.64. The molecular formula is C18H41B3F3KO4. The van der Waals surface area contributed by atoms with Crippen LogP contribution in [0.15, 0.2) is 0 Å². The molecule has 0 radical (unpaired) electrons. The second kappa shape index (κ2) is 15.3. The molecule has 0 saturated carbocycles. The van der Waals surface area contributed by atoms with Crippen LogP contribution in [0.5, 0.6) is 0 Å². The Kier molecular flexibility index (Phi) is 20.0. The maximum Gasteiger partial charge on any atom is 1.00 e. The summed E-state index contributed by atoms with van der Waals surface area (Å²) in [6.07, 6.45) is 0. The van der Waals surface area contributed by atoms with Crippen molar-refractivity contribution >= 4 is 21.8 Å². The van der Waals surface area contributed by atoms with Crippen LogP contribution in [0.25, 0.3) is 0 Å². The fourth-order valence-electron chi connectivity index (χ4n) is 1.20. The Morgan fingerprint density at radius 2 is 0.966 bits per heavy atom. The smallest absolute Gasteiger partial charge is 0.427 e. The summed E-state index contributed by atoms with van der Waals surface area (Å²) >= 11 is 0. The van der Waals surface area contributed by atoms with Crippen LogP contribution in [0.2, 0.25) is 10.6 Å². The van der Waals surface area contributed by atoms with Crippen LogP contribution >= 0.6 is 0 Å². The topological polar surface area (TPSA) is 58.9 Å². The summed E-state index contributed by atoms with van der Waals surface area (Å²) < 4.78 is 40.8. The van der Waals surface area contributed by atoms with E-state index in [2.05, 4.69) is 69.2 Å². The van der Waals surface area contributed by atoms with E-state index in [1.54, 1.807) is 20.8 Å². The van der Waals surface area contributed by atoms with Crippen molar-refractivity contribution in [2.24, 2.45) is 0 Å². The van der Waals surface area contributed by atoms with Gasteiger partial charge in [0.25, 0.3) is 0 Å². The van der Waals surface area contributed by atoms with Gasteiger partial charge in [-0.1, -0.05) is 41.5 Å². The molecule has 1 aliphatic rings. The molecule has 29 heavy (non-hydrogen) atoms. The number of rotatable bonds is 0. The Balaban J connectivity index is -0.000000166. The van der Waals surface area contributed by atoms with Gasteiger partial charge in [-0.25, -0.2) is 0 Å². The zero-order chi connectivity index (χ0) is 23.7. The van der Waals surface area contributed by atoms with Crippen LogP contribution in [-0.2, 0) is 9.31 Å². The normalized spacial score (nSPS) is 16.9. The summed E-state index contributed by atoms with van der Waals surface area (Å²) in [5.41, 5.74) is -0.407. The zero-order valence-electron chi connectivity index (χ0n) is 21.1. The molecule has 0 aromatic rings. The fourth-order valence-corrected chi connectivity index (χ4v) is 1.20. The van der Waals surface area contributed by atoms with Gasteiger partial charge in [0.1, 0.15) is 0 Å². The van der Waals surface area contributed by atoms with Crippen LogP contribution in [-0.4, -0.2) is 43.0 Å². The first-order chi connectivity index (χ1) is 12.0. The van der Waals surface area contributed by atoms with Crippen molar-refractivity contribution in [2.75, 3.05) is 0 Å². The molecule has 11 heteroatoms. The quantitative estimate of drug-likeness (QED) is 0.441. The van der Waals surface area contributed by atoms with Crippen LogP contribution in [0.3, 0.4) is 0 Å². The molecular weight excluding hydrogens is 409 g/mol. The summed E-state index contributed by atoms with van der Waals surface area (Å²) in [6, 6.07) is 0. The van der Waals surface area contributed by atoms with Gasteiger partial charge in [0.05, 0.1) is 11.2 Å². The molecule has 1 rings (SSSR count). The summed E-state index contributed by atoms with van der Waals surface area (Å²) in [4.78, 5) is 0. The monoisotopic (exact) mass is 450 g/mol. The van der Waals surface area contributed by atoms with E-state index in [1.807, 2.05) is 0 Å². The van der Waals surface area contributed by atoms with Gasteiger partial charge in [0, 0.05) is 0 Å². The van der Waals surface area contributed by atoms with Crippen molar-refractivity contribution in [1.29, 1.82) is 0 Å². The third kappa shape index (κ3) is 21.1. The molecule has 1 aliphatic heterocycles. The van der Waals surface area contributed by atoms with E-state index in [0.717, 1.165) is 0 Å². The standard InChI is InChI=1S/C10H21BO2.C4H11BO2.C4H9.BF3.K/c1-8(2,3)11-12-9(4,5)10(6,7)13-11;1-4(2,3)5(6)7;1-4(2)3;2-1(3)4;/h1-7H3;6-7H,1-3H3;1-3H3;;/q;;-1;;+1. The van der Waals surface area contributed by atoms with Gasteiger partial charge in [0.15, 0.2) is 0 Å². The van der Waals surface area contributed by atoms with Gasteiger partial charge >= 0.3 is 73.2 Å². The molecule has 0 unspecified atom stereocenters. The summed E-state index contributed by atoms with van der Waals surface area (Å²) in [6.45, 7) is 26.3. The van der Waals surface area contributed by atoms with Crippen molar-refractivity contribution < 1.29 is 83.7 Å². The molecule has 168 valence electrons. The first-order valence-corrected chi connectivity index (χ1v) is 9.38. The van der Waals surface area contributed by atoms with E-state index in [1.165, 1.54) is 5.92 Å². The summed E-state index contributed by atoms with van der Waals surface area (Å²) in [5, 5.41) is 16.5. The van der Waals surface area contributed by atoms with Gasteiger partial charge in [-0.05, 0) is 38.3 Å². The second-order valence-electron chi connectivity index (χ2n) is 10.4. The molecule has 0 atom stereocenters. The molecule has 0 bridgehead atoms. The largest absolute Gasteiger partial charge is 1.00 e. The zero-order valence-corrected chi connectivity index (χ0v) is 24.2. The Hall–Kier alpha value is 1.46. The maximum absolute atomic E-state index is 9.67. The number of hydrogen-bond donors (Lipinski definition) is 2. The molecule has 0 aromatic heterocycles. The molecule has 1 heterocycles. The van der Waals surface area contributed by atoms with E-state index in [0.29, 0.717) is 0 Å². The molecule has 0 spiro atoms. The summed E-state index contributed by atoms with van der Waals surface area (Å²) in [5.74, 6) is 1.42. The summed E-state index contributed by atoms with van der Waals surface area (Å²) in [7, 11) is -4.97. The van der Waals surface area contributed by atoms with Gasteiger partial charge in [-0.3, -0.25) is 12.9 Å². The predicted molar refractivity (Wildman–Crippen MR) is 115 cm³/mol. The minimum atomic E-state index is -3.67. The Morgan fingerprint density at radius 1 is 0.793 bits per heavy atom. The molecule has 0 aromatic carbocycles. The van der Waals surface area contributed by atoms with Crippen molar-refractivity contribution in [3.63, 3.8) is 0 Å². The first-order valence-electron chi connectivity index (χ1n) is 9.38. The Morgan fingerprint density at radius 3 is 1.03 bits per heavy atom. The Labute approximate surface area is 221 Å². The van der Waals surface area contributed by atoms with Gasteiger partial charge in [-0.2, -0.15) is 20.8 Å². The van der Waals surface area contributed by atoms with Gasteiger partial charge < -0.3 is 25.3 Å².